The molecule has 136 valence electrons. The SMILES string of the molecule is COc1ccc(-c2nn3c(C)cc(C(C)C)c3c(=O)n2C2CC2)c(Cl)c1. The Kier molecular flexibility index (Phi) is 4.07. The van der Waals surface area contributed by atoms with Crippen molar-refractivity contribution in [3.05, 3.63) is 50.9 Å². The number of aromatic nitrogens is 3. The van der Waals surface area contributed by atoms with Gasteiger partial charge in [-0.15, -0.1) is 5.10 Å². The molecule has 26 heavy (non-hydrogen) atoms. The maximum Gasteiger partial charge on any atom is 0.278 e. The van der Waals surface area contributed by atoms with Gasteiger partial charge in [0.1, 0.15) is 11.3 Å². The van der Waals surface area contributed by atoms with E-state index in [1.807, 2.05) is 23.6 Å². The van der Waals surface area contributed by atoms with Crippen LogP contribution in [0.5, 0.6) is 5.75 Å². The van der Waals surface area contributed by atoms with Gasteiger partial charge in [0.05, 0.1) is 12.1 Å². The molecule has 1 fully saturated rings. The Morgan fingerprint density at radius 2 is 2.00 bits per heavy atom. The summed E-state index contributed by atoms with van der Waals surface area (Å²) in [6, 6.07) is 7.73. The quantitative estimate of drug-likeness (QED) is 0.673. The second kappa shape index (κ2) is 6.16. The fourth-order valence-electron chi connectivity index (χ4n) is 3.45. The van der Waals surface area contributed by atoms with E-state index in [9.17, 15) is 4.79 Å². The lowest BCUT2D eigenvalue weighted by Crippen LogP contribution is -2.26. The van der Waals surface area contributed by atoms with Crippen LogP contribution in [-0.4, -0.2) is 21.3 Å². The van der Waals surface area contributed by atoms with Crippen LogP contribution in [-0.2, 0) is 0 Å². The van der Waals surface area contributed by atoms with Crippen molar-refractivity contribution in [1.82, 2.24) is 14.2 Å². The van der Waals surface area contributed by atoms with Crippen molar-refractivity contribution in [2.24, 2.45) is 0 Å². The molecule has 0 radical (unpaired) electrons. The zero-order valence-electron chi connectivity index (χ0n) is 15.4. The van der Waals surface area contributed by atoms with Gasteiger partial charge in [0.15, 0.2) is 5.82 Å². The van der Waals surface area contributed by atoms with Gasteiger partial charge in [-0.1, -0.05) is 25.4 Å². The second-order valence-corrected chi connectivity index (χ2v) is 7.64. The fourth-order valence-corrected chi connectivity index (χ4v) is 3.70. The normalized spacial score (nSPS) is 14.4. The van der Waals surface area contributed by atoms with Crippen molar-refractivity contribution >= 4 is 17.1 Å². The van der Waals surface area contributed by atoms with E-state index in [0.717, 1.165) is 29.7 Å². The highest BCUT2D eigenvalue weighted by Crippen LogP contribution is 2.39. The maximum atomic E-state index is 13.4. The molecule has 2 heterocycles. The van der Waals surface area contributed by atoms with Crippen LogP contribution >= 0.6 is 11.6 Å². The first-order chi connectivity index (χ1) is 12.4. The Labute approximate surface area is 157 Å². The van der Waals surface area contributed by atoms with Crippen molar-refractivity contribution < 1.29 is 4.74 Å². The average Bonchev–Trinajstić information content (AvgIpc) is 3.38. The molecule has 0 bridgehead atoms. The minimum absolute atomic E-state index is 0.0150. The van der Waals surface area contributed by atoms with Crippen molar-refractivity contribution in [2.75, 3.05) is 7.11 Å². The van der Waals surface area contributed by atoms with Crippen LogP contribution in [0.4, 0.5) is 0 Å². The molecule has 1 aliphatic rings. The minimum Gasteiger partial charge on any atom is -0.497 e. The van der Waals surface area contributed by atoms with Crippen LogP contribution in [0.25, 0.3) is 16.9 Å². The maximum absolute atomic E-state index is 13.4. The second-order valence-electron chi connectivity index (χ2n) is 7.23. The number of fused-ring (bicyclic) bond motifs is 1. The highest BCUT2D eigenvalue weighted by atomic mass is 35.5. The van der Waals surface area contributed by atoms with E-state index >= 15 is 0 Å². The average molecular weight is 372 g/mol. The standard InChI is InChI=1S/C20H22ClN3O2/c1-11(2)16-9-12(3)24-18(16)20(25)23(13-5-6-13)19(22-24)15-8-7-14(26-4)10-17(15)21/h7-11,13H,5-6H2,1-4H3. The summed E-state index contributed by atoms with van der Waals surface area (Å²) in [7, 11) is 1.60. The molecule has 0 saturated heterocycles. The molecule has 6 heteroatoms. The van der Waals surface area contributed by atoms with E-state index in [1.54, 1.807) is 17.7 Å². The zero-order chi connectivity index (χ0) is 18.6. The highest BCUT2D eigenvalue weighted by Gasteiger charge is 2.31. The number of halogens is 1. The van der Waals surface area contributed by atoms with Crippen molar-refractivity contribution in [1.29, 1.82) is 0 Å². The monoisotopic (exact) mass is 371 g/mol. The van der Waals surface area contributed by atoms with Gasteiger partial charge in [-0.25, -0.2) is 4.52 Å². The summed E-state index contributed by atoms with van der Waals surface area (Å²) in [4.78, 5) is 13.4. The first-order valence-electron chi connectivity index (χ1n) is 8.91. The largest absolute Gasteiger partial charge is 0.497 e. The zero-order valence-corrected chi connectivity index (χ0v) is 16.2. The predicted molar refractivity (Wildman–Crippen MR) is 104 cm³/mol. The number of hydrogen-bond donors (Lipinski definition) is 0. The highest BCUT2D eigenvalue weighted by molar-refractivity contribution is 6.33. The Morgan fingerprint density at radius 1 is 1.27 bits per heavy atom. The molecular formula is C20H22ClN3O2. The topological polar surface area (TPSA) is 48.5 Å². The van der Waals surface area contributed by atoms with Gasteiger partial charge < -0.3 is 4.74 Å². The lowest BCUT2D eigenvalue weighted by Gasteiger charge is -2.15. The number of benzene rings is 1. The molecule has 5 nitrogen and oxygen atoms in total. The fraction of sp³-hybridized carbons (Fsp3) is 0.400. The van der Waals surface area contributed by atoms with Crippen molar-refractivity contribution in [3.63, 3.8) is 0 Å². The smallest absolute Gasteiger partial charge is 0.278 e. The molecule has 1 aliphatic carbocycles. The Morgan fingerprint density at radius 3 is 2.58 bits per heavy atom. The molecule has 0 amide bonds. The van der Waals surface area contributed by atoms with Gasteiger partial charge in [0.25, 0.3) is 5.56 Å². The van der Waals surface area contributed by atoms with E-state index in [-0.39, 0.29) is 17.5 Å². The molecule has 4 rings (SSSR count). The summed E-state index contributed by atoms with van der Waals surface area (Å²) >= 11 is 6.49. The van der Waals surface area contributed by atoms with Crippen LogP contribution < -0.4 is 10.3 Å². The number of ether oxygens (including phenoxy) is 1. The first kappa shape index (κ1) is 17.2. The molecule has 3 aromatic rings. The summed E-state index contributed by atoms with van der Waals surface area (Å²) in [5.41, 5.74) is 3.44. The third kappa shape index (κ3) is 2.62. The third-order valence-electron chi connectivity index (χ3n) is 4.98. The molecule has 1 saturated carbocycles. The predicted octanol–water partition coefficient (Wildman–Crippen LogP) is 4.59. The van der Waals surface area contributed by atoms with Gasteiger partial charge in [0, 0.05) is 17.3 Å². The van der Waals surface area contributed by atoms with E-state index in [4.69, 9.17) is 21.4 Å². The number of methoxy groups -OCH3 is 1. The molecule has 0 N–H and O–H groups in total. The Bertz CT molecular complexity index is 1060. The van der Waals surface area contributed by atoms with Crippen molar-refractivity contribution in [3.8, 4) is 17.1 Å². The van der Waals surface area contributed by atoms with Crippen LogP contribution in [0, 0.1) is 6.92 Å². The molecule has 0 spiro atoms. The van der Waals surface area contributed by atoms with E-state index in [1.165, 1.54) is 0 Å². The van der Waals surface area contributed by atoms with Crippen LogP contribution in [0.3, 0.4) is 0 Å². The van der Waals surface area contributed by atoms with Gasteiger partial charge in [-0.3, -0.25) is 9.36 Å². The van der Waals surface area contributed by atoms with Gasteiger partial charge in [-0.05, 0) is 55.5 Å². The summed E-state index contributed by atoms with van der Waals surface area (Å²) in [6.07, 6.45) is 1.99. The Balaban J connectivity index is 2.06. The number of nitrogens with zero attached hydrogens (tertiary/aromatic N) is 3. The number of aryl methyl sites for hydroxylation is 1. The molecule has 0 aliphatic heterocycles. The van der Waals surface area contributed by atoms with Gasteiger partial charge in [-0.2, -0.15) is 0 Å². The molecule has 1 aromatic carbocycles. The lowest BCUT2D eigenvalue weighted by atomic mass is 10.1. The van der Waals surface area contributed by atoms with Gasteiger partial charge in [0.2, 0.25) is 0 Å². The first-order valence-corrected chi connectivity index (χ1v) is 9.28. The summed E-state index contributed by atoms with van der Waals surface area (Å²) in [5.74, 6) is 1.56. The van der Waals surface area contributed by atoms with Crippen LogP contribution in [0.1, 0.15) is 49.9 Å². The van der Waals surface area contributed by atoms with E-state index in [2.05, 4.69) is 19.9 Å². The lowest BCUT2D eigenvalue weighted by molar-refractivity contribution is 0.415. The van der Waals surface area contributed by atoms with Gasteiger partial charge >= 0.3 is 0 Å². The van der Waals surface area contributed by atoms with E-state index in [0.29, 0.717) is 22.1 Å². The van der Waals surface area contributed by atoms with Crippen molar-refractivity contribution in [2.45, 2.75) is 45.6 Å². The van der Waals surface area contributed by atoms with E-state index < -0.39 is 0 Å². The van der Waals surface area contributed by atoms with Crippen LogP contribution in [0.2, 0.25) is 5.02 Å². The molecule has 0 atom stereocenters. The summed E-state index contributed by atoms with van der Waals surface area (Å²) in [5, 5.41) is 5.37. The molecular weight excluding hydrogens is 350 g/mol. The summed E-state index contributed by atoms with van der Waals surface area (Å²) < 4.78 is 8.84. The van der Waals surface area contributed by atoms with Crippen LogP contribution in [0.15, 0.2) is 29.1 Å². The Hall–Kier alpha value is -2.27. The molecule has 2 aromatic heterocycles. The molecule has 0 unspecified atom stereocenters. The number of hydrogen-bond acceptors (Lipinski definition) is 3. The minimum atomic E-state index is 0.0150. The number of rotatable bonds is 4. The third-order valence-corrected chi connectivity index (χ3v) is 5.29. The summed E-state index contributed by atoms with van der Waals surface area (Å²) in [6.45, 7) is 6.18.